The number of aliphatic hydroxyl groups is 1. The van der Waals surface area contributed by atoms with Gasteiger partial charge >= 0.3 is 0 Å². The molecule has 0 radical (unpaired) electrons. The first kappa shape index (κ1) is 13.9. The minimum Gasteiger partial charge on any atom is -0.393 e. The molecule has 1 aromatic rings. The predicted molar refractivity (Wildman–Crippen MR) is 62.0 cm³/mol. The Balaban J connectivity index is 2.02. The van der Waals surface area contributed by atoms with Crippen LogP contribution in [0.5, 0.6) is 0 Å². The van der Waals surface area contributed by atoms with Crippen molar-refractivity contribution in [3.05, 3.63) is 35.1 Å². The van der Waals surface area contributed by atoms with E-state index in [9.17, 15) is 23.1 Å². The first-order valence-electron chi connectivity index (χ1n) is 6.10. The lowest BCUT2D eigenvalue weighted by molar-refractivity contribution is 0.0911. The average molecular weight is 273 g/mol. The van der Waals surface area contributed by atoms with Gasteiger partial charge in [-0.25, -0.2) is 13.2 Å². The summed E-state index contributed by atoms with van der Waals surface area (Å²) in [7, 11) is 0. The van der Waals surface area contributed by atoms with Gasteiger partial charge in [-0.3, -0.25) is 4.79 Å². The molecule has 0 bridgehead atoms. The highest BCUT2D eigenvalue weighted by Crippen LogP contribution is 2.24. The van der Waals surface area contributed by atoms with E-state index in [2.05, 4.69) is 5.32 Å². The third-order valence-electron chi connectivity index (χ3n) is 3.42. The summed E-state index contributed by atoms with van der Waals surface area (Å²) in [5, 5.41) is 12.0. The Morgan fingerprint density at radius 2 is 2.00 bits per heavy atom. The van der Waals surface area contributed by atoms with Gasteiger partial charge in [0.1, 0.15) is 0 Å². The molecule has 0 aliphatic heterocycles. The Morgan fingerprint density at radius 3 is 2.63 bits per heavy atom. The summed E-state index contributed by atoms with van der Waals surface area (Å²) in [6.07, 6.45) is 1.86. The quantitative estimate of drug-likeness (QED) is 0.827. The molecule has 2 rings (SSSR count). The summed E-state index contributed by atoms with van der Waals surface area (Å²) < 4.78 is 39.1. The molecule has 1 saturated carbocycles. The van der Waals surface area contributed by atoms with Crippen LogP contribution in [0.1, 0.15) is 29.6 Å². The fourth-order valence-corrected chi connectivity index (χ4v) is 2.28. The van der Waals surface area contributed by atoms with Gasteiger partial charge in [0, 0.05) is 12.5 Å². The molecule has 0 aromatic heterocycles. The van der Waals surface area contributed by atoms with Gasteiger partial charge in [-0.1, -0.05) is 6.42 Å². The second-order valence-corrected chi connectivity index (χ2v) is 4.69. The van der Waals surface area contributed by atoms with E-state index >= 15 is 0 Å². The Labute approximate surface area is 108 Å². The first-order valence-corrected chi connectivity index (χ1v) is 6.10. The molecule has 0 saturated heterocycles. The average Bonchev–Trinajstić information content (AvgIpc) is 2.79. The third-order valence-corrected chi connectivity index (χ3v) is 3.42. The summed E-state index contributed by atoms with van der Waals surface area (Å²) in [4.78, 5) is 11.7. The number of hydrogen-bond acceptors (Lipinski definition) is 2. The Kier molecular flexibility index (Phi) is 4.09. The van der Waals surface area contributed by atoms with E-state index in [1.807, 2.05) is 0 Å². The van der Waals surface area contributed by atoms with Crippen molar-refractivity contribution >= 4 is 5.91 Å². The first-order chi connectivity index (χ1) is 9.00. The van der Waals surface area contributed by atoms with Crippen molar-refractivity contribution < 1.29 is 23.1 Å². The summed E-state index contributed by atoms with van der Waals surface area (Å²) in [6.45, 7) is 0.193. The van der Waals surface area contributed by atoms with Crippen LogP contribution in [0.2, 0.25) is 0 Å². The molecule has 19 heavy (non-hydrogen) atoms. The standard InChI is InChI=1S/C13H14F3NO2/c14-9-5-4-8(11(15)12(9)16)13(19)17-6-7-2-1-3-10(7)18/h4-5,7,10,18H,1-3,6H2,(H,17,19). The largest absolute Gasteiger partial charge is 0.393 e. The maximum absolute atomic E-state index is 13.4. The summed E-state index contributed by atoms with van der Waals surface area (Å²) in [5.41, 5.74) is -0.536. The topological polar surface area (TPSA) is 49.3 Å². The number of carbonyl (C=O) groups is 1. The van der Waals surface area contributed by atoms with E-state index in [4.69, 9.17) is 0 Å². The second kappa shape index (κ2) is 5.61. The van der Waals surface area contributed by atoms with E-state index in [1.165, 1.54) is 0 Å². The van der Waals surface area contributed by atoms with Crippen molar-refractivity contribution in [2.75, 3.05) is 6.54 Å². The van der Waals surface area contributed by atoms with Gasteiger partial charge in [-0.2, -0.15) is 0 Å². The number of hydrogen-bond donors (Lipinski definition) is 2. The molecule has 0 heterocycles. The monoisotopic (exact) mass is 273 g/mol. The molecule has 1 aliphatic carbocycles. The van der Waals surface area contributed by atoms with Gasteiger partial charge < -0.3 is 10.4 Å². The zero-order valence-electron chi connectivity index (χ0n) is 10.1. The van der Waals surface area contributed by atoms with Crippen molar-refractivity contribution in [3.63, 3.8) is 0 Å². The van der Waals surface area contributed by atoms with E-state index < -0.39 is 35.0 Å². The van der Waals surface area contributed by atoms with Crippen molar-refractivity contribution in [2.45, 2.75) is 25.4 Å². The number of amides is 1. The molecular weight excluding hydrogens is 259 g/mol. The van der Waals surface area contributed by atoms with Gasteiger partial charge in [0.15, 0.2) is 17.5 Å². The lowest BCUT2D eigenvalue weighted by Gasteiger charge is -2.15. The zero-order valence-corrected chi connectivity index (χ0v) is 10.1. The predicted octanol–water partition coefficient (Wildman–Crippen LogP) is 1.99. The maximum Gasteiger partial charge on any atom is 0.254 e. The van der Waals surface area contributed by atoms with Crippen molar-refractivity contribution in [2.24, 2.45) is 5.92 Å². The molecule has 3 nitrogen and oxygen atoms in total. The summed E-state index contributed by atoms with van der Waals surface area (Å²) >= 11 is 0. The van der Waals surface area contributed by atoms with Gasteiger partial charge in [-0.05, 0) is 25.0 Å². The lowest BCUT2D eigenvalue weighted by Crippen LogP contribution is -2.33. The number of benzene rings is 1. The molecule has 1 aromatic carbocycles. The highest BCUT2D eigenvalue weighted by molar-refractivity contribution is 5.94. The van der Waals surface area contributed by atoms with Crippen LogP contribution in [-0.2, 0) is 0 Å². The normalized spacial score (nSPS) is 22.5. The van der Waals surface area contributed by atoms with Gasteiger partial charge in [-0.15, -0.1) is 0 Å². The van der Waals surface area contributed by atoms with Gasteiger partial charge in [0.05, 0.1) is 11.7 Å². The third kappa shape index (κ3) is 2.89. The van der Waals surface area contributed by atoms with Gasteiger partial charge in [0.2, 0.25) is 0 Å². The summed E-state index contributed by atoms with van der Waals surface area (Å²) in [5.74, 6) is -5.37. The van der Waals surface area contributed by atoms with Crippen LogP contribution in [0.3, 0.4) is 0 Å². The molecular formula is C13H14F3NO2. The molecule has 1 aliphatic rings. The smallest absolute Gasteiger partial charge is 0.254 e. The second-order valence-electron chi connectivity index (χ2n) is 4.69. The molecule has 6 heteroatoms. The minimum atomic E-state index is -1.66. The van der Waals surface area contributed by atoms with E-state index in [1.54, 1.807) is 0 Å². The highest BCUT2D eigenvalue weighted by atomic mass is 19.2. The number of nitrogens with one attached hydrogen (secondary N) is 1. The van der Waals surface area contributed by atoms with Crippen LogP contribution in [0.15, 0.2) is 12.1 Å². The fraction of sp³-hybridized carbons (Fsp3) is 0.462. The van der Waals surface area contributed by atoms with E-state index in [-0.39, 0.29) is 12.5 Å². The highest BCUT2D eigenvalue weighted by Gasteiger charge is 2.26. The van der Waals surface area contributed by atoms with Crippen LogP contribution in [0.4, 0.5) is 13.2 Å². The fourth-order valence-electron chi connectivity index (χ4n) is 2.28. The van der Waals surface area contributed by atoms with Gasteiger partial charge in [0.25, 0.3) is 5.91 Å². The molecule has 2 atom stereocenters. The Morgan fingerprint density at radius 1 is 1.26 bits per heavy atom. The van der Waals surface area contributed by atoms with E-state index in [0.717, 1.165) is 18.9 Å². The van der Waals surface area contributed by atoms with Crippen LogP contribution >= 0.6 is 0 Å². The minimum absolute atomic E-state index is 0.0719. The number of aliphatic hydroxyl groups excluding tert-OH is 1. The van der Waals surface area contributed by atoms with Crippen molar-refractivity contribution in [3.8, 4) is 0 Å². The van der Waals surface area contributed by atoms with Crippen LogP contribution in [0.25, 0.3) is 0 Å². The number of carbonyl (C=O) groups excluding carboxylic acids is 1. The number of halogens is 3. The molecule has 2 N–H and O–H groups in total. The zero-order chi connectivity index (χ0) is 14.0. The van der Waals surface area contributed by atoms with Crippen LogP contribution in [-0.4, -0.2) is 23.7 Å². The van der Waals surface area contributed by atoms with Crippen LogP contribution in [0, 0.1) is 23.4 Å². The molecule has 2 unspecified atom stereocenters. The maximum atomic E-state index is 13.4. The van der Waals surface area contributed by atoms with Crippen molar-refractivity contribution in [1.82, 2.24) is 5.32 Å². The lowest BCUT2D eigenvalue weighted by atomic mass is 10.1. The summed E-state index contributed by atoms with van der Waals surface area (Å²) in [6, 6.07) is 1.60. The molecule has 1 amide bonds. The Bertz CT molecular complexity index is 493. The van der Waals surface area contributed by atoms with Crippen LogP contribution < -0.4 is 5.32 Å². The number of rotatable bonds is 3. The molecule has 0 spiro atoms. The Hall–Kier alpha value is -1.56. The molecule has 104 valence electrons. The van der Waals surface area contributed by atoms with Crippen molar-refractivity contribution in [1.29, 1.82) is 0 Å². The molecule has 1 fully saturated rings. The van der Waals surface area contributed by atoms with E-state index in [0.29, 0.717) is 12.5 Å². The SMILES string of the molecule is O=C(NCC1CCCC1O)c1ccc(F)c(F)c1F.